The summed E-state index contributed by atoms with van der Waals surface area (Å²) in [6.07, 6.45) is -1.45. The van der Waals surface area contributed by atoms with Gasteiger partial charge in [-0.15, -0.1) is 0 Å². The fourth-order valence-electron chi connectivity index (χ4n) is 4.70. The average Bonchev–Trinajstić information content (AvgIpc) is 3.33. The molecule has 2 heterocycles. The fourth-order valence-corrected chi connectivity index (χ4v) is 4.70. The van der Waals surface area contributed by atoms with Crippen molar-refractivity contribution in [2.75, 3.05) is 0 Å². The number of alkyl halides is 4. The van der Waals surface area contributed by atoms with E-state index in [4.69, 9.17) is 5.73 Å². The second-order valence-electron chi connectivity index (χ2n) is 11.2. The number of aromatic nitrogens is 3. The van der Waals surface area contributed by atoms with Gasteiger partial charge in [-0.1, -0.05) is 39.0 Å². The summed E-state index contributed by atoms with van der Waals surface area (Å²) in [5, 5.41) is 6.65. The Morgan fingerprint density at radius 1 is 1.09 bits per heavy atom. The quantitative estimate of drug-likeness (QED) is 0.337. The minimum atomic E-state index is -4.80. The lowest BCUT2D eigenvalue weighted by atomic mass is 9.88. The van der Waals surface area contributed by atoms with Crippen LogP contribution in [0.5, 0.6) is 0 Å². The number of halogens is 6. The van der Waals surface area contributed by atoms with E-state index in [9.17, 15) is 35.9 Å². The number of hydrogen-bond acceptors (Lipinski definition) is 4. The molecule has 3 N–H and O–H groups in total. The first kappa shape index (κ1) is 31.5. The second kappa shape index (κ2) is 12.1. The predicted octanol–water partition coefficient (Wildman–Crippen LogP) is 5.37. The topological polar surface area (TPSA) is 103 Å². The number of hydrogen-bond donors (Lipinski definition) is 2. The Morgan fingerprint density at radius 3 is 2.37 bits per heavy atom. The number of nitrogens with one attached hydrogen (secondary N) is 1. The van der Waals surface area contributed by atoms with Crippen molar-refractivity contribution in [3.63, 3.8) is 0 Å². The Morgan fingerprint density at radius 2 is 1.77 bits per heavy atom. The predicted molar refractivity (Wildman–Crippen MR) is 146 cm³/mol. The number of carbonyl (C=O) groups excluding carboxylic acids is 2. The summed E-state index contributed by atoms with van der Waals surface area (Å²) in [5.74, 6) is -4.83. The smallest absolute Gasteiger partial charge is 0.369 e. The highest BCUT2D eigenvalue weighted by Crippen LogP contribution is 2.34. The molecule has 1 aliphatic rings. The highest BCUT2D eigenvalue weighted by Gasteiger charge is 2.38. The van der Waals surface area contributed by atoms with Crippen LogP contribution < -0.4 is 11.1 Å². The van der Waals surface area contributed by atoms with Gasteiger partial charge in [0.05, 0.1) is 23.3 Å². The molecule has 0 spiro atoms. The molecule has 0 bridgehead atoms. The molecule has 2 unspecified atom stereocenters. The van der Waals surface area contributed by atoms with Gasteiger partial charge in [0, 0.05) is 23.2 Å². The van der Waals surface area contributed by atoms with E-state index in [1.54, 1.807) is 32.9 Å². The summed E-state index contributed by atoms with van der Waals surface area (Å²) in [6, 6.07) is 5.64. The van der Waals surface area contributed by atoms with Crippen molar-refractivity contribution in [2.45, 2.75) is 57.5 Å². The number of primary amides is 1. The van der Waals surface area contributed by atoms with Gasteiger partial charge in [-0.25, -0.2) is 13.2 Å². The zero-order chi connectivity index (χ0) is 31.7. The van der Waals surface area contributed by atoms with Crippen LogP contribution in [0.4, 0.5) is 26.3 Å². The maximum absolute atomic E-state index is 14.3. The number of allylic oxidation sites excluding steroid dienone is 3. The van der Waals surface area contributed by atoms with E-state index < -0.39 is 65.4 Å². The van der Waals surface area contributed by atoms with Crippen LogP contribution in [0.2, 0.25) is 0 Å². The lowest BCUT2D eigenvalue weighted by Gasteiger charge is -2.24. The first-order valence-electron chi connectivity index (χ1n) is 13.2. The Labute approximate surface area is 243 Å². The number of rotatable bonds is 8. The Bertz CT molecular complexity index is 1570. The van der Waals surface area contributed by atoms with E-state index in [1.807, 2.05) is 0 Å². The Balaban J connectivity index is 1.74. The lowest BCUT2D eigenvalue weighted by Crippen LogP contribution is -2.35. The van der Waals surface area contributed by atoms with Gasteiger partial charge in [-0.2, -0.15) is 18.3 Å². The molecule has 228 valence electrons. The van der Waals surface area contributed by atoms with Crippen molar-refractivity contribution in [1.82, 2.24) is 20.1 Å². The highest BCUT2D eigenvalue weighted by molar-refractivity contribution is 5.86. The van der Waals surface area contributed by atoms with Gasteiger partial charge in [0.25, 0.3) is 0 Å². The molecule has 0 saturated carbocycles. The summed E-state index contributed by atoms with van der Waals surface area (Å²) in [7, 11) is 0. The highest BCUT2D eigenvalue weighted by atomic mass is 19.4. The maximum atomic E-state index is 14.3. The van der Waals surface area contributed by atoms with Crippen molar-refractivity contribution in [3.05, 3.63) is 101 Å². The summed E-state index contributed by atoms with van der Waals surface area (Å²) >= 11 is 0. The van der Waals surface area contributed by atoms with Crippen LogP contribution in [-0.2, 0) is 34.1 Å². The van der Waals surface area contributed by atoms with E-state index in [0.29, 0.717) is 21.9 Å². The lowest BCUT2D eigenvalue weighted by molar-refractivity contribution is -0.145. The third kappa shape index (κ3) is 7.51. The molecule has 0 aliphatic heterocycles. The van der Waals surface area contributed by atoms with Crippen LogP contribution in [0.15, 0.2) is 60.8 Å². The number of nitrogens with two attached hydrogens (primary N) is 1. The van der Waals surface area contributed by atoms with Crippen molar-refractivity contribution < 1.29 is 35.9 Å². The zero-order valence-corrected chi connectivity index (χ0v) is 23.4. The molecule has 0 radical (unpaired) electrons. The molecule has 43 heavy (non-hydrogen) atoms. The van der Waals surface area contributed by atoms with Crippen LogP contribution in [0, 0.1) is 17.6 Å². The normalized spacial score (nSPS) is 17.8. The molecule has 0 fully saturated rings. The summed E-state index contributed by atoms with van der Waals surface area (Å²) in [5.41, 5.74) is 4.57. The average molecular weight is 606 g/mol. The van der Waals surface area contributed by atoms with Gasteiger partial charge in [-0.05, 0) is 47.9 Å². The second-order valence-corrected chi connectivity index (χ2v) is 11.2. The minimum absolute atomic E-state index is 0.122. The van der Waals surface area contributed by atoms with Gasteiger partial charge in [0.2, 0.25) is 11.8 Å². The molecule has 7 nitrogen and oxygen atoms in total. The van der Waals surface area contributed by atoms with Crippen molar-refractivity contribution in [3.8, 4) is 0 Å². The number of nitrogens with zero attached hydrogens (tertiary/aromatic N) is 3. The standard InChI is InChI=1S/C30H29F6N5O2/c1-29(2,3)24-14-25(30(34,35)36)41(40-24)15-26(42)39-23(11-16-9-18(31)13-19(32)10-16)27-20(5-4-8-38-27)17-6-7-22(33)21(12-17)28(37)43/h4-10,12-14,21-23H,11,15H2,1-3H3,(H2,37,43)(H,39,42)/t21?,22?,23-/m0/s1. The van der Waals surface area contributed by atoms with E-state index in [0.717, 1.165) is 24.3 Å². The van der Waals surface area contributed by atoms with E-state index in [2.05, 4.69) is 15.4 Å². The monoisotopic (exact) mass is 605 g/mol. The molecule has 3 atom stereocenters. The van der Waals surface area contributed by atoms with Gasteiger partial charge in [0.1, 0.15) is 30.0 Å². The molecule has 4 rings (SSSR count). The third-order valence-corrected chi connectivity index (χ3v) is 6.80. The first-order chi connectivity index (χ1) is 20.0. The summed E-state index contributed by atoms with van der Waals surface area (Å²) in [6.45, 7) is 4.22. The maximum Gasteiger partial charge on any atom is 0.433 e. The van der Waals surface area contributed by atoms with Gasteiger partial charge >= 0.3 is 6.18 Å². The molecule has 0 saturated heterocycles. The first-order valence-corrected chi connectivity index (χ1v) is 13.2. The van der Waals surface area contributed by atoms with Crippen molar-refractivity contribution in [1.29, 1.82) is 0 Å². The molecule has 13 heteroatoms. The number of benzene rings is 1. The SMILES string of the molecule is CC(C)(C)c1cc(C(F)(F)F)n(CC(=O)N[C@@H](Cc2cc(F)cc(F)c2)c2ncccc2C2=CC(C(N)=O)C(F)C=C2)n1. The van der Waals surface area contributed by atoms with Gasteiger partial charge in [-0.3, -0.25) is 19.3 Å². The summed E-state index contributed by atoms with van der Waals surface area (Å²) < 4.78 is 84.4. The molecular weight excluding hydrogens is 576 g/mol. The van der Waals surface area contributed by atoms with Crippen molar-refractivity contribution >= 4 is 17.4 Å². The van der Waals surface area contributed by atoms with Crippen molar-refractivity contribution in [2.24, 2.45) is 11.7 Å². The molecule has 1 aromatic carbocycles. The Kier molecular flexibility index (Phi) is 8.84. The fraction of sp³-hybridized carbons (Fsp3) is 0.333. The summed E-state index contributed by atoms with van der Waals surface area (Å²) in [4.78, 5) is 29.4. The van der Waals surface area contributed by atoms with Crippen LogP contribution in [0.25, 0.3) is 5.57 Å². The molecule has 3 aromatic rings. The largest absolute Gasteiger partial charge is 0.433 e. The van der Waals surface area contributed by atoms with Crippen LogP contribution >= 0.6 is 0 Å². The van der Waals surface area contributed by atoms with E-state index in [1.165, 1.54) is 18.3 Å². The zero-order valence-electron chi connectivity index (χ0n) is 23.4. The van der Waals surface area contributed by atoms with Gasteiger partial charge in [0.15, 0.2) is 0 Å². The molecular formula is C30H29F6N5O2. The van der Waals surface area contributed by atoms with Crippen LogP contribution in [0.3, 0.4) is 0 Å². The molecule has 2 amide bonds. The number of carbonyl (C=O) groups is 2. The van der Waals surface area contributed by atoms with E-state index in [-0.39, 0.29) is 23.4 Å². The molecule has 1 aliphatic carbocycles. The van der Waals surface area contributed by atoms with Gasteiger partial charge < -0.3 is 11.1 Å². The Hall–Kier alpha value is -4.42. The van der Waals surface area contributed by atoms with Crippen LogP contribution in [0.1, 0.15) is 55.0 Å². The van der Waals surface area contributed by atoms with E-state index >= 15 is 0 Å². The van der Waals surface area contributed by atoms with Crippen LogP contribution in [-0.4, -0.2) is 32.8 Å². The molecule has 2 aromatic heterocycles. The number of pyridine rings is 1. The number of amides is 2. The minimum Gasteiger partial charge on any atom is -0.369 e. The third-order valence-electron chi connectivity index (χ3n) is 6.80.